The summed E-state index contributed by atoms with van der Waals surface area (Å²) in [5.41, 5.74) is 2.36. The molecule has 5 nitrogen and oxygen atoms in total. The molecule has 2 atom stereocenters. The monoisotopic (exact) mass is 402 g/mol. The number of hydrogen-bond acceptors (Lipinski definition) is 3. The first-order valence-electron chi connectivity index (χ1n) is 10.6. The molecule has 1 amide bonds. The zero-order valence-electron chi connectivity index (χ0n) is 17.5. The van der Waals surface area contributed by atoms with Gasteiger partial charge in [-0.05, 0) is 54.6 Å². The lowest BCUT2D eigenvalue weighted by Crippen LogP contribution is -2.53. The zero-order chi connectivity index (χ0) is 20.1. The highest BCUT2D eigenvalue weighted by molar-refractivity contribution is 7.80. The van der Waals surface area contributed by atoms with Crippen molar-refractivity contribution >= 4 is 28.9 Å². The molecule has 28 heavy (non-hydrogen) atoms. The van der Waals surface area contributed by atoms with Crippen LogP contribution in [0, 0.1) is 11.8 Å². The Bertz CT molecular complexity index is 660. The predicted molar refractivity (Wildman–Crippen MR) is 120 cm³/mol. The first-order chi connectivity index (χ1) is 13.4. The molecule has 0 spiro atoms. The van der Waals surface area contributed by atoms with Gasteiger partial charge in [-0.3, -0.25) is 9.69 Å². The molecule has 0 radical (unpaired) electrons. The highest BCUT2D eigenvalue weighted by Gasteiger charge is 2.27. The summed E-state index contributed by atoms with van der Waals surface area (Å²) < 4.78 is 0. The van der Waals surface area contributed by atoms with Gasteiger partial charge in [0.2, 0.25) is 5.91 Å². The van der Waals surface area contributed by atoms with Crippen LogP contribution in [0.1, 0.15) is 32.8 Å². The normalized spacial score (nSPS) is 23.5. The van der Waals surface area contributed by atoms with Crippen molar-refractivity contribution in [3.05, 3.63) is 29.8 Å². The van der Waals surface area contributed by atoms with Crippen molar-refractivity contribution in [1.29, 1.82) is 0 Å². The van der Waals surface area contributed by atoms with Crippen LogP contribution in [-0.4, -0.2) is 71.5 Å². The minimum Gasteiger partial charge on any atom is -0.346 e. The average molecular weight is 403 g/mol. The summed E-state index contributed by atoms with van der Waals surface area (Å²) in [5, 5.41) is 4.12. The van der Waals surface area contributed by atoms with Crippen molar-refractivity contribution in [3.8, 4) is 0 Å². The van der Waals surface area contributed by atoms with E-state index in [2.05, 4.69) is 65.1 Å². The van der Waals surface area contributed by atoms with E-state index in [0.717, 1.165) is 56.5 Å². The van der Waals surface area contributed by atoms with Gasteiger partial charge in [0.05, 0.1) is 6.54 Å². The molecule has 2 fully saturated rings. The molecular weight excluding hydrogens is 368 g/mol. The molecule has 3 rings (SSSR count). The number of anilines is 1. The van der Waals surface area contributed by atoms with Gasteiger partial charge in [-0.15, -0.1) is 0 Å². The van der Waals surface area contributed by atoms with Crippen molar-refractivity contribution in [2.24, 2.45) is 11.8 Å². The molecule has 1 aromatic carbocycles. The number of nitrogens with one attached hydrogen (secondary N) is 1. The van der Waals surface area contributed by atoms with E-state index in [1.807, 2.05) is 0 Å². The number of benzene rings is 1. The second-order valence-electron chi connectivity index (χ2n) is 8.49. The molecule has 1 aromatic rings. The van der Waals surface area contributed by atoms with E-state index in [0.29, 0.717) is 18.4 Å². The van der Waals surface area contributed by atoms with Gasteiger partial charge in [-0.1, -0.05) is 32.9 Å². The van der Waals surface area contributed by atoms with E-state index in [-0.39, 0.29) is 5.91 Å². The van der Waals surface area contributed by atoms with Crippen molar-refractivity contribution in [1.82, 2.24) is 14.7 Å². The van der Waals surface area contributed by atoms with Crippen LogP contribution in [0.15, 0.2) is 24.3 Å². The minimum absolute atomic E-state index is 0.281. The molecule has 0 bridgehead atoms. The van der Waals surface area contributed by atoms with Gasteiger partial charge < -0.3 is 15.1 Å². The Kier molecular flexibility index (Phi) is 7.30. The fourth-order valence-corrected chi connectivity index (χ4v) is 4.59. The fraction of sp³-hybridized carbons (Fsp3) is 0.636. The van der Waals surface area contributed by atoms with Gasteiger partial charge in [-0.25, -0.2) is 0 Å². The number of carbonyl (C=O) groups is 1. The van der Waals surface area contributed by atoms with Crippen LogP contribution < -0.4 is 5.32 Å². The first kappa shape index (κ1) is 21.1. The maximum Gasteiger partial charge on any atom is 0.236 e. The number of amides is 1. The number of thiocarbonyl (C=S) groups is 1. The Labute approximate surface area is 175 Å². The third-order valence-electron chi connectivity index (χ3n) is 5.85. The molecule has 6 heteroatoms. The SMILES string of the molecule is CCc1ccc(NC(=S)N2CCN(CC(=O)N3C[C@H](C)C[C@@H](C)C3)CC2)cc1. The lowest BCUT2D eigenvalue weighted by Gasteiger charge is -2.39. The molecular formula is C22H34N4OS. The minimum atomic E-state index is 0.281. The molecule has 0 aliphatic carbocycles. The Morgan fingerprint density at radius 2 is 1.64 bits per heavy atom. The van der Waals surface area contributed by atoms with Gasteiger partial charge in [0.25, 0.3) is 0 Å². The number of nitrogens with zero attached hydrogens (tertiary/aromatic N) is 3. The zero-order valence-corrected chi connectivity index (χ0v) is 18.3. The van der Waals surface area contributed by atoms with Crippen LogP contribution in [-0.2, 0) is 11.2 Å². The van der Waals surface area contributed by atoms with Gasteiger partial charge in [0.1, 0.15) is 0 Å². The van der Waals surface area contributed by atoms with E-state index in [9.17, 15) is 4.79 Å². The summed E-state index contributed by atoms with van der Waals surface area (Å²) in [4.78, 5) is 19.2. The lowest BCUT2D eigenvalue weighted by molar-refractivity contribution is -0.135. The maximum absolute atomic E-state index is 12.7. The molecule has 0 aromatic heterocycles. The highest BCUT2D eigenvalue weighted by atomic mass is 32.1. The van der Waals surface area contributed by atoms with Crippen molar-refractivity contribution < 1.29 is 4.79 Å². The highest BCUT2D eigenvalue weighted by Crippen LogP contribution is 2.21. The fourth-order valence-electron chi connectivity index (χ4n) is 4.29. The van der Waals surface area contributed by atoms with E-state index < -0.39 is 0 Å². The average Bonchev–Trinajstić information content (AvgIpc) is 2.68. The smallest absolute Gasteiger partial charge is 0.236 e. The summed E-state index contributed by atoms with van der Waals surface area (Å²) in [7, 11) is 0. The third kappa shape index (κ3) is 5.67. The Morgan fingerprint density at radius 1 is 1.04 bits per heavy atom. The molecule has 0 unspecified atom stereocenters. The van der Waals surface area contributed by atoms with Crippen LogP contribution in [0.4, 0.5) is 5.69 Å². The van der Waals surface area contributed by atoms with Crippen LogP contribution >= 0.6 is 12.2 Å². The molecule has 2 aliphatic rings. The van der Waals surface area contributed by atoms with Crippen molar-refractivity contribution in [3.63, 3.8) is 0 Å². The number of rotatable bonds is 4. The molecule has 154 valence electrons. The summed E-state index contributed by atoms with van der Waals surface area (Å²) in [6.45, 7) is 12.5. The van der Waals surface area contributed by atoms with Crippen LogP contribution in [0.5, 0.6) is 0 Å². The number of carbonyl (C=O) groups excluding carboxylic acids is 1. The van der Waals surface area contributed by atoms with Crippen molar-refractivity contribution in [2.45, 2.75) is 33.6 Å². The topological polar surface area (TPSA) is 38.8 Å². The van der Waals surface area contributed by atoms with Gasteiger partial charge in [0.15, 0.2) is 5.11 Å². The molecule has 2 aliphatic heterocycles. The Balaban J connectivity index is 1.43. The van der Waals surface area contributed by atoms with Crippen LogP contribution in [0.25, 0.3) is 0 Å². The number of piperidine rings is 1. The molecule has 2 saturated heterocycles. The molecule has 1 N–H and O–H groups in total. The summed E-state index contributed by atoms with van der Waals surface area (Å²) in [5.74, 6) is 1.50. The quantitative estimate of drug-likeness (QED) is 0.784. The van der Waals surface area contributed by atoms with Crippen molar-refractivity contribution in [2.75, 3.05) is 51.1 Å². The largest absolute Gasteiger partial charge is 0.346 e. The molecule has 0 saturated carbocycles. The van der Waals surface area contributed by atoms with Crippen LogP contribution in [0.2, 0.25) is 0 Å². The number of aryl methyl sites for hydroxylation is 1. The second kappa shape index (κ2) is 9.70. The molecule has 2 heterocycles. The van der Waals surface area contributed by atoms with Gasteiger partial charge in [-0.2, -0.15) is 0 Å². The van der Waals surface area contributed by atoms with Gasteiger partial charge in [0, 0.05) is 45.0 Å². The summed E-state index contributed by atoms with van der Waals surface area (Å²) >= 11 is 5.59. The van der Waals surface area contributed by atoms with Crippen LogP contribution in [0.3, 0.4) is 0 Å². The maximum atomic E-state index is 12.7. The Morgan fingerprint density at radius 3 is 2.21 bits per heavy atom. The lowest BCUT2D eigenvalue weighted by atomic mass is 9.92. The van der Waals surface area contributed by atoms with E-state index in [1.165, 1.54) is 12.0 Å². The number of piperazine rings is 1. The first-order valence-corrected chi connectivity index (χ1v) is 11.0. The standard InChI is InChI=1S/C22H34N4OS/c1-4-19-5-7-20(8-6-19)23-22(28)25-11-9-24(10-12-25)16-21(27)26-14-17(2)13-18(3)15-26/h5-8,17-18H,4,9-16H2,1-3H3,(H,23,28)/t17-,18-/m1/s1. The van der Waals surface area contributed by atoms with E-state index in [4.69, 9.17) is 12.2 Å². The number of likely N-dealkylation sites (tertiary alicyclic amines) is 1. The predicted octanol–water partition coefficient (Wildman–Crippen LogP) is 3.07. The summed E-state index contributed by atoms with van der Waals surface area (Å²) in [6.07, 6.45) is 2.27. The van der Waals surface area contributed by atoms with E-state index >= 15 is 0 Å². The second-order valence-corrected chi connectivity index (χ2v) is 8.88. The van der Waals surface area contributed by atoms with Gasteiger partial charge >= 0.3 is 0 Å². The Hall–Kier alpha value is -1.66. The number of hydrogen-bond donors (Lipinski definition) is 1. The summed E-state index contributed by atoms with van der Waals surface area (Å²) in [6, 6.07) is 8.44. The van der Waals surface area contributed by atoms with E-state index in [1.54, 1.807) is 0 Å². The third-order valence-corrected chi connectivity index (χ3v) is 6.21.